The van der Waals surface area contributed by atoms with Crippen molar-refractivity contribution in [2.75, 3.05) is 26.0 Å². The van der Waals surface area contributed by atoms with E-state index in [1.54, 1.807) is 4.90 Å². The largest absolute Gasteiger partial charge is 0.493 e. The molecule has 1 aromatic carbocycles. The minimum atomic E-state index is -3.10. The predicted octanol–water partition coefficient (Wildman–Crippen LogP) is 1.73. The summed E-state index contributed by atoms with van der Waals surface area (Å²) in [6.45, 7) is 1.40. The number of carbonyl (C=O) groups excluding carboxylic acids is 1. The first-order valence-corrected chi connectivity index (χ1v) is 9.86. The molecule has 2 aliphatic rings. The van der Waals surface area contributed by atoms with E-state index in [-0.39, 0.29) is 18.6 Å². The van der Waals surface area contributed by atoms with Crippen LogP contribution in [-0.4, -0.2) is 50.6 Å². The van der Waals surface area contributed by atoms with Crippen molar-refractivity contribution < 1.29 is 17.9 Å². The third kappa shape index (κ3) is 3.60. The number of benzene rings is 1. The number of rotatable bonds is 2. The van der Waals surface area contributed by atoms with Crippen LogP contribution in [0.15, 0.2) is 24.3 Å². The van der Waals surface area contributed by atoms with E-state index in [9.17, 15) is 13.2 Å². The number of likely N-dealkylation sites (tertiary alicyclic amines) is 1. The van der Waals surface area contributed by atoms with Gasteiger partial charge in [0, 0.05) is 24.9 Å². The van der Waals surface area contributed by atoms with Gasteiger partial charge in [0.2, 0.25) is 0 Å². The summed E-state index contributed by atoms with van der Waals surface area (Å²) in [6, 6.07) is 7.43. The lowest BCUT2D eigenvalue weighted by atomic mass is 10.0. The molecule has 0 unspecified atom stereocenters. The van der Waals surface area contributed by atoms with Gasteiger partial charge in [0.05, 0.1) is 17.9 Å². The second-order valence-corrected chi connectivity index (χ2v) is 8.54. The van der Waals surface area contributed by atoms with Crippen LogP contribution in [0.4, 0.5) is 4.79 Å². The molecule has 6 nitrogen and oxygen atoms in total. The van der Waals surface area contributed by atoms with Crippen molar-refractivity contribution in [2.45, 2.75) is 30.6 Å². The number of hydrogen-bond acceptors (Lipinski definition) is 4. The van der Waals surface area contributed by atoms with Gasteiger partial charge in [0.15, 0.2) is 9.84 Å². The third-order valence-corrected chi connectivity index (χ3v) is 6.12. The molecule has 0 aromatic heterocycles. The summed E-state index contributed by atoms with van der Waals surface area (Å²) in [5.74, 6) is 0.811. The summed E-state index contributed by atoms with van der Waals surface area (Å²) >= 11 is 0. The molecule has 126 valence electrons. The molecular weight excluding hydrogens is 316 g/mol. The van der Waals surface area contributed by atoms with Gasteiger partial charge in [0.25, 0.3) is 0 Å². The van der Waals surface area contributed by atoms with Crippen molar-refractivity contribution in [2.24, 2.45) is 0 Å². The SMILES string of the molecule is CS(=O)(=O)[C@@H]1CCN(C(=O)N[C@H]2CCCOc3ccccc32)C1. The average molecular weight is 338 g/mol. The lowest BCUT2D eigenvalue weighted by Gasteiger charge is -2.23. The van der Waals surface area contributed by atoms with Crippen molar-refractivity contribution in [1.82, 2.24) is 10.2 Å². The summed E-state index contributed by atoms with van der Waals surface area (Å²) in [7, 11) is -3.10. The molecule has 0 saturated carbocycles. The highest BCUT2D eigenvalue weighted by molar-refractivity contribution is 7.91. The number of amides is 2. The van der Waals surface area contributed by atoms with Crippen LogP contribution in [0.25, 0.3) is 0 Å². The second kappa shape index (κ2) is 6.39. The van der Waals surface area contributed by atoms with Crippen LogP contribution in [0, 0.1) is 0 Å². The first-order chi connectivity index (χ1) is 10.9. The Morgan fingerprint density at radius 2 is 2.09 bits per heavy atom. The van der Waals surface area contributed by atoms with Gasteiger partial charge in [-0.3, -0.25) is 0 Å². The van der Waals surface area contributed by atoms with Gasteiger partial charge in [-0.2, -0.15) is 0 Å². The van der Waals surface area contributed by atoms with Crippen LogP contribution >= 0.6 is 0 Å². The van der Waals surface area contributed by atoms with Gasteiger partial charge in [-0.25, -0.2) is 13.2 Å². The molecule has 2 aliphatic heterocycles. The van der Waals surface area contributed by atoms with Gasteiger partial charge in [0.1, 0.15) is 5.75 Å². The van der Waals surface area contributed by atoms with Crippen molar-refractivity contribution in [3.63, 3.8) is 0 Å². The van der Waals surface area contributed by atoms with E-state index >= 15 is 0 Å². The fourth-order valence-corrected chi connectivity index (χ4v) is 4.16. The predicted molar refractivity (Wildman–Crippen MR) is 87.3 cm³/mol. The Labute approximate surface area is 136 Å². The number of hydrogen-bond donors (Lipinski definition) is 1. The molecule has 7 heteroatoms. The lowest BCUT2D eigenvalue weighted by molar-refractivity contribution is 0.204. The zero-order valence-corrected chi connectivity index (χ0v) is 14.0. The van der Waals surface area contributed by atoms with Crippen LogP contribution in [0.3, 0.4) is 0 Å². The maximum absolute atomic E-state index is 12.5. The van der Waals surface area contributed by atoms with Crippen LogP contribution in [0.5, 0.6) is 5.75 Å². The zero-order chi connectivity index (χ0) is 16.4. The molecule has 1 fully saturated rings. The van der Waals surface area contributed by atoms with E-state index in [4.69, 9.17) is 4.74 Å². The first kappa shape index (κ1) is 16.1. The molecule has 3 rings (SSSR count). The Hall–Kier alpha value is -1.76. The normalized spacial score (nSPS) is 24.5. The Morgan fingerprint density at radius 3 is 2.83 bits per heavy atom. The quantitative estimate of drug-likeness (QED) is 0.891. The fraction of sp³-hybridized carbons (Fsp3) is 0.562. The van der Waals surface area contributed by atoms with E-state index in [1.807, 2.05) is 24.3 Å². The molecule has 0 spiro atoms. The van der Waals surface area contributed by atoms with Crippen LogP contribution in [-0.2, 0) is 9.84 Å². The number of fused-ring (bicyclic) bond motifs is 1. The summed E-state index contributed by atoms with van der Waals surface area (Å²) < 4.78 is 29.0. The van der Waals surface area contributed by atoms with Crippen molar-refractivity contribution >= 4 is 15.9 Å². The maximum atomic E-state index is 12.5. The Bertz CT molecular complexity index is 689. The highest BCUT2D eigenvalue weighted by Gasteiger charge is 2.33. The van der Waals surface area contributed by atoms with Gasteiger partial charge in [-0.1, -0.05) is 18.2 Å². The van der Waals surface area contributed by atoms with E-state index in [2.05, 4.69) is 5.32 Å². The average Bonchev–Trinajstić information content (AvgIpc) is 2.93. The summed E-state index contributed by atoms with van der Waals surface area (Å²) in [4.78, 5) is 14.1. The molecule has 2 atom stereocenters. The van der Waals surface area contributed by atoms with Crippen LogP contribution in [0.2, 0.25) is 0 Å². The molecule has 1 aromatic rings. The smallest absolute Gasteiger partial charge is 0.317 e. The highest BCUT2D eigenvalue weighted by atomic mass is 32.2. The molecule has 2 heterocycles. The number of carbonyl (C=O) groups is 1. The number of nitrogens with one attached hydrogen (secondary N) is 1. The summed E-state index contributed by atoms with van der Waals surface area (Å²) in [5.41, 5.74) is 0.984. The van der Waals surface area contributed by atoms with Gasteiger partial charge in [-0.05, 0) is 25.3 Å². The van der Waals surface area contributed by atoms with E-state index < -0.39 is 15.1 Å². The van der Waals surface area contributed by atoms with Crippen LogP contribution < -0.4 is 10.1 Å². The van der Waals surface area contributed by atoms with Crippen LogP contribution in [0.1, 0.15) is 30.9 Å². The zero-order valence-electron chi connectivity index (χ0n) is 13.2. The minimum Gasteiger partial charge on any atom is -0.493 e. The monoisotopic (exact) mass is 338 g/mol. The topological polar surface area (TPSA) is 75.7 Å². The van der Waals surface area contributed by atoms with Crippen molar-refractivity contribution in [3.8, 4) is 5.75 Å². The maximum Gasteiger partial charge on any atom is 0.317 e. The molecule has 1 N–H and O–H groups in total. The van der Waals surface area contributed by atoms with Gasteiger partial charge in [-0.15, -0.1) is 0 Å². The fourth-order valence-electron chi connectivity index (χ4n) is 3.18. The van der Waals surface area contributed by atoms with Crippen molar-refractivity contribution in [1.29, 1.82) is 0 Å². The Kier molecular flexibility index (Phi) is 4.48. The minimum absolute atomic E-state index is 0.0986. The molecule has 1 saturated heterocycles. The highest BCUT2D eigenvalue weighted by Crippen LogP contribution is 2.31. The second-order valence-electron chi connectivity index (χ2n) is 6.22. The first-order valence-electron chi connectivity index (χ1n) is 7.91. The number of ether oxygens (including phenoxy) is 1. The molecule has 0 bridgehead atoms. The molecule has 0 radical (unpaired) electrons. The molecule has 2 amide bonds. The third-order valence-electron chi connectivity index (χ3n) is 4.52. The lowest BCUT2D eigenvalue weighted by Crippen LogP contribution is -2.41. The molecule has 0 aliphatic carbocycles. The summed E-state index contributed by atoms with van der Waals surface area (Å²) in [6.07, 6.45) is 3.42. The standard InChI is InChI=1S/C16H22N2O4S/c1-23(20,21)12-8-9-18(11-12)16(19)17-14-6-4-10-22-15-7-3-2-5-13(14)15/h2-3,5,7,12,14H,4,6,8-11H2,1H3,(H,17,19)/t12-,14+/m1/s1. The van der Waals surface area contributed by atoms with Crippen molar-refractivity contribution in [3.05, 3.63) is 29.8 Å². The number of sulfone groups is 1. The number of urea groups is 1. The Morgan fingerprint density at radius 1 is 1.30 bits per heavy atom. The van der Waals surface area contributed by atoms with Gasteiger partial charge < -0.3 is 15.0 Å². The summed E-state index contributed by atoms with van der Waals surface area (Å²) in [5, 5.41) is 2.59. The Balaban J connectivity index is 1.69. The van der Waals surface area contributed by atoms with Gasteiger partial charge >= 0.3 is 6.03 Å². The van der Waals surface area contributed by atoms with E-state index in [0.717, 1.165) is 24.2 Å². The number of para-hydroxylation sites is 1. The molecular formula is C16H22N2O4S. The van der Waals surface area contributed by atoms with E-state index in [1.165, 1.54) is 6.26 Å². The van der Waals surface area contributed by atoms with E-state index in [0.29, 0.717) is 19.6 Å². The molecule has 23 heavy (non-hydrogen) atoms. The number of nitrogens with zero attached hydrogens (tertiary/aromatic N) is 1.